The van der Waals surface area contributed by atoms with E-state index in [1.54, 1.807) is 18.2 Å². The molecule has 0 N–H and O–H groups in total. The Morgan fingerprint density at radius 1 is 1.45 bits per heavy atom. The van der Waals surface area contributed by atoms with E-state index in [1.807, 2.05) is 0 Å². The standard InChI is InChI=1S/C6H4NO2.ClH.Hg/c8-7(9)6-4-2-1-3-5-6;;/h1-4H;1H;/q;;+1/p-1. The Labute approximate surface area is 79.4 Å². The van der Waals surface area contributed by atoms with E-state index in [4.69, 9.17) is 8.25 Å². The van der Waals surface area contributed by atoms with Gasteiger partial charge in [-0.15, -0.1) is 0 Å². The van der Waals surface area contributed by atoms with Crippen LogP contribution in [0.4, 0.5) is 5.69 Å². The van der Waals surface area contributed by atoms with Gasteiger partial charge in [-0.1, -0.05) is 0 Å². The van der Waals surface area contributed by atoms with E-state index in [0.29, 0.717) is 0 Å². The zero-order chi connectivity index (χ0) is 8.27. The molecule has 0 aliphatic heterocycles. The number of nitrogens with zero attached hydrogens (tertiary/aromatic N) is 1. The van der Waals surface area contributed by atoms with Crippen LogP contribution in [-0.2, 0) is 23.3 Å². The first kappa shape index (κ1) is 8.94. The minimum atomic E-state index is -1.63. The van der Waals surface area contributed by atoms with Crippen LogP contribution in [0.1, 0.15) is 0 Å². The summed E-state index contributed by atoms with van der Waals surface area (Å²) < 4.78 is 0.777. The van der Waals surface area contributed by atoms with Gasteiger partial charge in [0.15, 0.2) is 0 Å². The van der Waals surface area contributed by atoms with E-state index in [2.05, 4.69) is 0 Å². The van der Waals surface area contributed by atoms with Crippen LogP contribution < -0.4 is 3.07 Å². The first-order chi connectivity index (χ1) is 5.25. The van der Waals surface area contributed by atoms with Gasteiger partial charge in [0.1, 0.15) is 0 Å². The Kier molecular flexibility index (Phi) is 3.26. The van der Waals surface area contributed by atoms with Gasteiger partial charge in [-0.3, -0.25) is 0 Å². The molecule has 0 heterocycles. The number of halogens is 1. The second kappa shape index (κ2) is 4.02. The Morgan fingerprint density at radius 3 is 2.55 bits per heavy atom. The Hall–Kier alpha value is -0.155. The van der Waals surface area contributed by atoms with E-state index in [0.717, 1.165) is 3.07 Å². The quantitative estimate of drug-likeness (QED) is 0.457. The molecule has 0 amide bonds. The van der Waals surface area contributed by atoms with Crippen LogP contribution >= 0.6 is 8.25 Å². The number of para-hydroxylation sites is 1. The zero-order valence-electron chi connectivity index (χ0n) is 5.66. The van der Waals surface area contributed by atoms with E-state index < -0.39 is 23.3 Å². The van der Waals surface area contributed by atoms with Crippen LogP contribution in [0.3, 0.4) is 0 Å². The van der Waals surface area contributed by atoms with Crippen LogP contribution in [0.25, 0.3) is 0 Å². The molecule has 3 nitrogen and oxygen atoms in total. The molecule has 0 fully saturated rings. The van der Waals surface area contributed by atoms with Crippen molar-refractivity contribution in [2.45, 2.75) is 0 Å². The molecule has 0 aliphatic rings. The molecule has 11 heavy (non-hydrogen) atoms. The summed E-state index contributed by atoms with van der Waals surface area (Å²) in [6, 6.07) is 6.68. The topological polar surface area (TPSA) is 43.1 Å². The fraction of sp³-hybridized carbons (Fsp3) is 0. The monoisotopic (exact) mass is 359 g/mol. The molecule has 1 rings (SSSR count). The predicted octanol–water partition coefficient (Wildman–Crippen LogP) is 1.46. The van der Waals surface area contributed by atoms with Crippen molar-refractivity contribution < 1.29 is 28.3 Å². The van der Waals surface area contributed by atoms with Crippen LogP contribution in [0.2, 0.25) is 0 Å². The molecule has 0 atom stereocenters. The van der Waals surface area contributed by atoms with Crippen LogP contribution in [0.5, 0.6) is 0 Å². The van der Waals surface area contributed by atoms with Crippen molar-refractivity contribution in [1.29, 1.82) is 0 Å². The second-order valence-electron chi connectivity index (χ2n) is 2.02. The molecule has 1 aromatic carbocycles. The zero-order valence-corrected chi connectivity index (χ0v) is 11.9. The number of nitro benzene ring substituents is 1. The summed E-state index contributed by atoms with van der Waals surface area (Å²) in [4.78, 5) is 9.99. The Balaban J connectivity index is 3.12. The van der Waals surface area contributed by atoms with Gasteiger partial charge in [0.05, 0.1) is 0 Å². The number of nitro groups is 1. The van der Waals surface area contributed by atoms with Gasteiger partial charge in [-0.05, 0) is 0 Å². The van der Waals surface area contributed by atoms with Crippen molar-refractivity contribution in [1.82, 2.24) is 0 Å². The summed E-state index contributed by atoms with van der Waals surface area (Å²) in [5, 5.41) is 10.4. The van der Waals surface area contributed by atoms with Crippen molar-refractivity contribution >= 4 is 17.0 Å². The molecule has 0 spiro atoms. The van der Waals surface area contributed by atoms with Gasteiger partial charge in [-0.25, -0.2) is 0 Å². The van der Waals surface area contributed by atoms with Crippen LogP contribution in [-0.4, -0.2) is 4.92 Å². The summed E-state index contributed by atoms with van der Waals surface area (Å²) in [6.07, 6.45) is 0. The fourth-order valence-corrected chi connectivity index (χ4v) is 5.15. The minimum absolute atomic E-state index is 0.184. The fourth-order valence-electron chi connectivity index (χ4n) is 0.802. The molecule has 0 saturated heterocycles. The summed E-state index contributed by atoms with van der Waals surface area (Å²) >= 11 is -1.63. The molecular weight excluding hydrogens is 354 g/mol. The van der Waals surface area contributed by atoms with Crippen molar-refractivity contribution in [2.24, 2.45) is 0 Å². The molecule has 0 saturated carbocycles. The van der Waals surface area contributed by atoms with Crippen molar-refractivity contribution in [3.05, 3.63) is 34.4 Å². The van der Waals surface area contributed by atoms with Crippen LogP contribution in [0, 0.1) is 10.1 Å². The molecule has 0 unspecified atom stereocenters. The average Bonchev–Trinajstić information content (AvgIpc) is 2.04. The summed E-state index contributed by atoms with van der Waals surface area (Å²) in [7, 11) is 5.69. The second-order valence-corrected chi connectivity index (χ2v) is 8.37. The van der Waals surface area contributed by atoms with Crippen LogP contribution in [0.15, 0.2) is 24.3 Å². The van der Waals surface area contributed by atoms with Gasteiger partial charge >= 0.3 is 79.7 Å². The molecule has 5 heteroatoms. The van der Waals surface area contributed by atoms with Gasteiger partial charge in [0.25, 0.3) is 0 Å². The summed E-state index contributed by atoms with van der Waals surface area (Å²) in [6.45, 7) is 0. The third-order valence-electron chi connectivity index (χ3n) is 1.33. The third-order valence-corrected chi connectivity index (χ3v) is 7.30. The Morgan fingerprint density at radius 2 is 2.09 bits per heavy atom. The molecule has 1 aromatic rings. The maximum absolute atomic E-state index is 10.4. The molecule has 54 valence electrons. The van der Waals surface area contributed by atoms with E-state index >= 15 is 0 Å². The van der Waals surface area contributed by atoms with Crippen molar-refractivity contribution in [2.75, 3.05) is 0 Å². The number of hydrogen-bond donors (Lipinski definition) is 0. The summed E-state index contributed by atoms with van der Waals surface area (Å²) in [5.41, 5.74) is 0.184. The van der Waals surface area contributed by atoms with E-state index in [-0.39, 0.29) is 10.6 Å². The van der Waals surface area contributed by atoms with Gasteiger partial charge in [-0.2, -0.15) is 0 Å². The molecular formula is C6H4ClHgNO2. The van der Waals surface area contributed by atoms with E-state index in [9.17, 15) is 10.1 Å². The number of benzene rings is 1. The number of hydrogen-bond acceptors (Lipinski definition) is 2. The van der Waals surface area contributed by atoms with Gasteiger partial charge in [0.2, 0.25) is 0 Å². The molecule has 0 aromatic heterocycles. The average molecular weight is 358 g/mol. The first-order valence-corrected chi connectivity index (χ1v) is 12.6. The third kappa shape index (κ3) is 2.14. The Bertz CT molecular complexity index is 279. The number of rotatable bonds is 2. The first-order valence-electron chi connectivity index (χ1n) is 3.04. The molecule has 0 radical (unpaired) electrons. The predicted molar refractivity (Wildman–Crippen MR) is 38.6 cm³/mol. The van der Waals surface area contributed by atoms with Gasteiger partial charge < -0.3 is 0 Å². The maximum atomic E-state index is 10.4. The van der Waals surface area contributed by atoms with Crippen molar-refractivity contribution in [3.8, 4) is 0 Å². The van der Waals surface area contributed by atoms with E-state index in [1.165, 1.54) is 6.07 Å². The molecule has 0 bridgehead atoms. The summed E-state index contributed by atoms with van der Waals surface area (Å²) in [5.74, 6) is 0. The molecule has 0 aliphatic carbocycles. The van der Waals surface area contributed by atoms with Gasteiger partial charge in [0, 0.05) is 0 Å². The SMILES string of the molecule is O=[N+]([O-])c1cccc[c]1[Hg][Cl]. The normalized spacial score (nSPS) is 8.82. The van der Waals surface area contributed by atoms with Crippen molar-refractivity contribution in [3.63, 3.8) is 0 Å².